The Balaban J connectivity index is 0.979. The van der Waals surface area contributed by atoms with Crippen LogP contribution in [0.15, 0.2) is 83.3 Å². The number of sulfonamides is 1. The van der Waals surface area contributed by atoms with E-state index in [1.54, 1.807) is 81.5 Å². The Morgan fingerprint density at radius 3 is 2.15 bits per heavy atom. The molecule has 2 aromatic rings. The molecule has 4 heterocycles. The summed E-state index contributed by atoms with van der Waals surface area (Å²) >= 11 is 0. The van der Waals surface area contributed by atoms with Crippen LogP contribution in [-0.2, 0) is 59.6 Å². The molecule has 9 amide bonds. The molecular formula is C60H83N9O15S. The fraction of sp³-hybridized carbons (Fsp3) is 0.550. The topological polar surface area (TPSA) is 323 Å². The Labute approximate surface area is 497 Å². The van der Waals surface area contributed by atoms with Crippen LogP contribution in [0, 0.1) is 17.8 Å². The first-order valence-corrected chi connectivity index (χ1v) is 30.7. The molecule has 24 nitrogen and oxygen atoms in total. The number of nitrogens with zero attached hydrogens (tertiary/aromatic N) is 4. The lowest BCUT2D eigenvalue weighted by Gasteiger charge is -2.35. The second-order valence-electron chi connectivity index (χ2n) is 22.5. The first-order chi connectivity index (χ1) is 40.5. The minimum Gasteiger partial charge on any atom is -0.457 e. The van der Waals surface area contributed by atoms with E-state index >= 15 is 0 Å². The number of benzene rings is 2. The van der Waals surface area contributed by atoms with Crippen molar-refractivity contribution in [3.05, 3.63) is 89.5 Å². The number of urea groups is 1. The zero-order chi connectivity index (χ0) is 61.8. The van der Waals surface area contributed by atoms with Gasteiger partial charge in [-0.05, 0) is 117 Å². The molecule has 85 heavy (non-hydrogen) atoms. The van der Waals surface area contributed by atoms with E-state index in [-0.39, 0.29) is 112 Å². The van der Waals surface area contributed by atoms with Crippen LogP contribution in [0.5, 0.6) is 0 Å². The number of imide groups is 1. The van der Waals surface area contributed by atoms with Crippen LogP contribution in [0.3, 0.4) is 0 Å². The molecule has 4 aliphatic heterocycles. The van der Waals surface area contributed by atoms with Gasteiger partial charge in [-0.25, -0.2) is 22.8 Å². The third-order valence-corrected chi connectivity index (χ3v) is 17.2. The number of aliphatic hydroxyl groups is 1. The number of ether oxygens (including phenoxy) is 3. The van der Waals surface area contributed by atoms with Gasteiger partial charge in [0.2, 0.25) is 27.7 Å². The molecule has 464 valence electrons. The maximum Gasteiger partial charge on any atom is 0.410 e. The maximum atomic E-state index is 13.7. The van der Waals surface area contributed by atoms with Crippen molar-refractivity contribution in [1.29, 1.82) is 0 Å². The summed E-state index contributed by atoms with van der Waals surface area (Å²) in [5, 5.41) is 21.6. The first kappa shape index (κ1) is 66.5. The number of rotatable bonds is 23. The summed E-state index contributed by atoms with van der Waals surface area (Å²) in [6.45, 7) is 10.9. The minimum atomic E-state index is -3.67. The van der Waals surface area contributed by atoms with E-state index in [4.69, 9.17) is 19.9 Å². The van der Waals surface area contributed by atoms with Crippen LogP contribution in [0.4, 0.5) is 20.1 Å². The summed E-state index contributed by atoms with van der Waals surface area (Å²) in [5.74, 6) is -3.88. The van der Waals surface area contributed by atoms with E-state index in [2.05, 4.69) is 21.3 Å². The van der Waals surface area contributed by atoms with Crippen LogP contribution < -0.4 is 27.0 Å². The number of cyclic esters (lactones) is 1. The predicted octanol–water partition coefficient (Wildman–Crippen LogP) is 5.12. The van der Waals surface area contributed by atoms with Gasteiger partial charge < -0.3 is 56.1 Å². The van der Waals surface area contributed by atoms with Crippen LogP contribution in [0.1, 0.15) is 116 Å². The molecule has 0 spiro atoms. The summed E-state index contributed by atoms with van der Waals surface area (Å²) in [6.07, 6.45) is 8.19. The lowest BCUT2D eigenvalue weighted by Crippen LogP contribution is -2.54. The molecule has 0 bridgehead atoms. The smallest absolute Gasteiger partial charge is 0.410 e. The van der Waals surface area contributed by atoms with Gasteiger partial charge >= 0.3 is 24.2 Å². The van der Waals surface area contributed by atoms with Crippen LogP contribution >= 0.6 is 0 Å². The highest BCUT2D eigenvalue weighted by atomic mass is 32.2. The lowest BCUT2D eigenvalue weighted by atomic mass is 9.91. The van der Waals surface area contributed by atoms with Crippen molar-refractivity contribution >= 4 is 75.5 Å². The number of unbranched alkanes of at least 4 members (excludes halogenated alkanes) is 2. The minimum absolute atomic E-state index is 0.0989. The molecule has 7 N–H and O–H groups in total. The highest BCUT2D eigenvalue weighted by Crippen LogP contribution is 2.28. The standard InChI is InChI=1S/C60H83N9O15S/c1-39(2)54(65-50(71)16-7-6-8-30-69-51(72)25-26-52(69)73)57(76)64-48(15-12-27-62-58(61)77)56(75)63-45-21-19-43(20-22-45)38-82-59(78)66-31-33-67(34-32-66)60(79)83-49-24-18-41(4)55(84-53(74)37-46(70)23-17-40(49)3)42(5)35-44-13-11-14-47(36-44)85(80,81)68-28-9-10-29-68/h11,13-14,18-22,24-26,35-36,39-41,46,48-49,54-55,70H,6-10,12,15-17,23,27-34,37-38H2,1-5H3,(H,63,75)(H,64,76)(H,65,71)(H3,61,62,77)/b24-18+,42-35+/t40-,41-,46+,48?,49-,54?,55-/m0/s1. The molecule has 2 fully saturated rings. The summed E-state index contributed by atoms with van der Waals surface area (Å²) in [6, 6.07) is 10.3. The van der Waals surface area contributed by atoms with E-state index in [0.29, 0.717) is 61.2 Å². The van der Waals surface area contributed by atoms with E-state index in [1.807, 2.05) is 19.9 Å². The molecular weight excluding hydrogens is 1120 g/mol. The largest absolute Gasteiger partial charge is 0.457 e. The average Bonchev–Trinajstić information content (AvgIpc) is 4.27. The lowest BCUT2D eigenvalue weighted by molar-refractivity contribution is -0.151. The maximum absolute atomic E-state index is 13.7. The van der Waals surface area contributed by atoms with Crippen molar-refractivity contribution in [2.75, 3.05) is 57.7 Å². The molecule has 0 aromatic heterocycles. The Morgan fingerprint density at radius 1 is 0.824 bits per heavy atom. The summed E-state index contributed by atoms with van der Waals surface area (Å²) in [4.78, 5) is 120. The monoisotopic (exact) mass is 1200 g/mol. The SMILES string of the molecule is C/C(=C\c1cccc(S(=O)(=O)N2CCCC2)c1)[C@H]1OC(=O)C[C@H](O)CC[C@H](C)[C@@H](OC(=O)N2CCN(C(=O)OCc3ccc(NC(=O)C(CCCNC(N)=O)NC(=O)C(NC(=O)CCCCCN4C(=O)C=CC4=O)C(C)C)cc3)CC2)/C=C/[C@@H]1C. The van der Waals surface area contributed by atoms with Crippen molar-refractivity contribution in [3.63, 3.8) is 0 Å². The van der Waals surface area contributed by atoms with Crippen LogP contribution in [0.2, 0.25) is 0 Å². The van der Waals surface area contributed by atoms with Gasteiger partial charge in [0.15, 0.2) is 0 Å². The third-order valence-electron chi connectivity index (χ3n) is 15.3. The molecule has 2 saturated heterocycles. The average molecular weight is 1200 g/mol. The first-order valence-electron chi connectivity index (χ1n) is 29.3. The van der Waals surface area contributed by atoms with Gasteiger partial charge in [-0.3, -0.25) is 33.7 Å². The van der Waals surface area contributed by atoms with Gasteiger partial charge in [-0.2, -0.15) is 4.31 Å². The Kier molecular flexibility index (Phi) is 25.1. The Bertz CT molecular complexity index is 2880. The summed E-state index contributed by atoms with van der Waals surface area (Å²) in [7, 11) is -3.67. The molecule has 0 radical (unpaired) electrons. The zero-order valence-electron chi connectivity index (χ0n) is 49.2. The molecule has 25 heteroatoms. The van der Waals surface area contributed by atoms with Gasteiger partial charge in [0.05, 0.1) is 17.4 Å². The normalized spacial score (nSPS) is 21.9. The number of nitrogens with two attached hydrogens (primary N) is 1. The summed E-state index contributed by atoms with van der Waals surface area (Å²) in [5.41, 5.74) is 7.45. The third kappa shape index (κ3) is 20.3. The van der Waals surface area contributed by atoms with Crippen LogP contribution in [0.25, 0.3) is 6.08 Å². The van der Waals surface area contributed by atoms with Crippen molar-refractivity contribution in [2.45, 2.75) is 147 Å². The van der Waals surface area contributed by atoms with E-state index in [0.717, 1.165) is 17.7 Å². The highest BCUT2D eigenvalue weighted by Gasteiger charge is 2.33. The summed E-state index contributed by atoms with van der Waals surface area (Å²) < 4.78 is 45.8. The number of carbonyl (C=O) groups is 9. The number of nitrogens with one attached hydrogen (secondary N) is 4. The van der Waals surface area contributed by atoms with E-state index in [9.17, 15) is 56.7 Å². The van der Waals surface area contributed by atoms with Crippen molar-refractivity contribution in [2.24, 2.45) is 23.5 Å². The molecule has 2 aromatic carbocycles. The van der Waals surface area contributed by atoms with E-state index < -0.39 is 82.3 Å². The number of hydrogen-bond donors (Lipinski definition) is 6. The fourth-order valence-electron chi connectivity index (χ4n) is 10.3. The number of hydrogen-bond acceptors (Lipinski definition) is 15. The van der Waals surface area contributed by atoms with Crippen LogP contribution in [-0.4, -0.2) is 169 Å². The van der Waals surface area contributed by atoms with Crippen molar-refractivity contribution < 1.29 is 70.9 Å². The molecule has 2 unspecified atom stereocenters. The quantitative estimate of drug-likeness (QED) is 0.0277. The predicted molar refractivity (Wildman–Crippen MR) is 314 cm³/mol. The van der Waals surface area contributed by atoms with Gasteiger partial charge in [-0.1, -0.05) is 70.5 Å². The van der Waals surface area contributed by atoms with Gasteiger partial charge in [-0.15, -0.1) is 0 Å². The van der Waals surface area contributed by atoms with Crippen molar-refractivity contribution in [1.82, 2.24) is 35.0 Å². The number of aliphatic hydroxyl groups excluding tert-OH is 1. The second kappa shape index (κ2) is 32.0. The number of amides is 9. The second-order valence-corrected chi connectivity index (χ2v) is 24.4. The zero-order valence-corrected chi connectivity index (χ0v) is 50.0. The molecule has 7 atom stereocenters. The van der Waals surface area contributed by atoms with Crippen molar-refractivity contribution in [3.8, 4) is 0 Å². The van der Waals surface area contributed by atoms with Gasteiger partial charge in [0.1, 0.15) is 30.9 Å². The molecule has 6 rings (SSSR count). The Morgan fingerprint density at radius 2 is 1.49 bits per heavy atom. The van der Waals surface area contributed by atoms with Gasteiger partial charge in [0, 0.05) is 82.5 Å². The highest BCUT2D eigenvalue weighted by molar-refractivity contribution is 7.89. The Hall–Kier alpha value is -7.64. The number of carbonyl (C=O) groups excluding carboxylic acids is 9. The number of anilines is 1. The van der Waals surface area contributed by atoms with E-state index in [1.165, 1.54) is 26.3 Å². The molecule has 0 saturated carbocycles. The number of esters is 1. The molecule has 4 aliphatic rings. The number of piperazine rings is 1. The number of primary amides is 1. The fourth-order valence-corrected chi connectivity index (χ4v) is 11.8. The molecule has 0 aliphatic carbocycles. The van der Waals surface area contributed by atoms with Gasteiger partial charge in [0.25, 0.3) is 11.8 Å².